The van der Waals surface area contributed by atoms with Crippen LogP contribution in [-0.4, -0.2) is 13.2 Å². The van der Waals surface area contributed by atoms with Crippen molar-refractivity contribution < 1.29 is 4.74 Å². The number of nitrogens with two attached hydrogens (primary N) is 1. The summed E-state index contributed by atoms with van der Waals surface area (Å²) in [6.45, 7) is 1.79. The molecule has 0 aromatic heterocycles. The number of ether oxygens (including phenoxy) is 1. The molecule has 1 saturated heterocycles. The van der Waals surface area contributed by atoms with E-state index in [1.54, 1.807) is 0 Å². The maximum absolute atomic E-state index is 6.50. The van der Waals surface area contributed by atoms with Crippen LogP contribution in [0, 0.1) is 5.41 Å². The molecule has 3 rings (SSSR count). The third-order valence-corrected chi connectivity index (χ3v) is 4.57. The van der Waals surface area contributed by atoms with Gasteiger partial charge in [0, 0.05) is 23.8 Å². The van der Waals surface area contributed by atoms with Gasteiger partial charge in [-0.1, -0.05) is 23.7 Å². The van der Waals surface area contributed by atoms with E-state index in [4.69, 9.17) is 22.1 Å². The molecule has 0 bridgehead atoms. The first kappa shape index (κ1) is 11.5. The molecule has 92 valence electrons. The van der Waals surface area contributed by atoms with Gasteiger partial charge in [-0.15, -0.1) is 0 Å². The third kappa shape index (κ3) is 1.99. The van der Waals surface area contributed by atoms with Crippen LogP contribution in [0.15, 0.2) is 24.3 Å². The molecule has 2 aliphatic rings. The Morgan fingerprint density at radius 3 is 2.53 bits per heavy atom. The summed E-state index contributed by atoms with van der Waals surface area (Å²) in [5.74, 6) is 0. The van der Waals surface area contributed by atoms with Crippen LogP contribution in [-0.2, 0) is 10.3 Å². The van der Waals surface area contributed by atoms with Crippen molar-refractivity contribution in [1.82, 2.24) is 0 Å². The Kier molecular flexibility index (Phi) is 2.69. The molecule has 1 aromatic rings. The number of benzene rings is 1. The Morgan fingerprint density at radius 1 is 1.18 bits per heavy atom. The largest absolute Gasteiger partial charge is 0.381 e. The Balaban J connectivity index is 1.77. The molecule has 0 unspecified atom stereocenters. The Morgan fingerprint density at radius 2 is 1.88 bits per heavy atom. The van der Waals surface area contributed by atoms with E-state index >= 15 is 0 Å². The van der Waals surface area contributed by atoms with E-state index in [-0.39, 0.29) is 5.54 Å². The number of rotatable bonds is 1. The standard InChI is InChI=1S/C14H18ClNO/c15-12-3-1-2-11(8-12)14(16)9-13(10-14)4-6-17-7-5-13/h1-3,8H,4-7,9-10,16H2. The zero-order valence-electron chi connectivity index (χ0n) is 9.92. The average Bonchev–Trinajstić information content (AvgIpc) is 2.28. The van der Waals surface area contributed by atoms with Crippen LogP contribution in [0.2, 0.25) is 5.02 Å². The number of hydrogen-bond donors (Lipinski definition) is 1. The van der Waals surface area contributed by atoms with Crippen LogP contribution >= 0.6 is 11.6 Å². The molecular formula is C14H18ClNO. The summed E-state index contributed by atoms with van der Waals surface area (Å²) in [6, 6.07) is 7.99. The zero-order valence-corrected chi connectivity index (χ0v) is 10.7. The summed E-state index contributed by atoms with van der Waals surface area (Å²) in [5, 5.41) is 0.778. The minimum Gasteiger partial charge on any atom is -0.381 e. The molecule has 0 radical (unpaired) electrons. The van der Waals surface area contributed by atoms with Crippen molar-refractivity contribution in [3.63, 3.8) is 0 Å². The molecule has 3 heteroatoms. The maximum Gasteiger partial charge on any atom is 0.0471 e. The van der Waals surface area contributed by atoms with E-state index in [2.05, 4.69) is 6.07 Å². The minimum atomic E-state index is -0.164. The van der Waals surface area contributed by atoms with E-state index in [9.17, 15) is 0 Å². The molecule has 1 heterocycles. The molecule has 17 heavy (non-hydrogen) atoms. The fourth-order valence-corrected chi connectivity index (χ4v) is 3.64. The summed E-state index contributed by atoms with van der Waals surface area (Å²) in [5.41, 5.74) is 7.96. The van der Waals surface area contributed by atoms with Gasteiger partial charge in [0.1, 0.15) is 0 Å². The fraction of sp³-hybridized carbons (Fsp3) is 0.571. The van der Waals surface area contributed by atoms with Crippen LogP contribution in [0.1, 0.15) is 31.2 Å². The lowest BCUT2D eigenvalue weighted by molar-refractivity contribution is -0.0725. The quantitative estimate of drug-likeness (QED) is 0.833. The second-order valence-electron chi connectivity index (χ2n) is 5.63. The highest BCUT2D eigenvalue weighted by Gasteiger charge is 2.53. The van der Waals surface area contributed by atoms with Crippen LogP contribution < -0.4 is 5.73 Å². The summed E-state index contributed by atoms with van der Waals surface area (Å²) < 4.78 is 5.43. The summed E-state index contributed by atoms with van der Waals surface area (Å²) in [6.07, 6.45) is 4.46. The lowest BCUT2D eigenvalue weighted by Crippen LogP contribution is -2.57. The van der Waals surface area contributed by atoms with Crippen molar-refractivity contribution in [2.45, 2.75) is 31.2 Å². The molecule has 1 saturated carbocycles. The minimum absolute atomic E-state index is 0.164. The highest BCUT2D eigenvalue weighted by molar-refractivity contribution is 6.30. The molecule has 1 aliphatic heterocycles. The number of halogens is 1. The average molecular weight is 252 g/mol. The molecule has 1 spiro atoms. The van der Waals surface area contributed by atoms with Crippen molar-refractivity contribution in [2.24, 2.45) is 11.1 Å². The Labute approximate surface area is 107 Å². The van der Waals surface area contributed by atoms with Crippen LogP contribution in [0.25, 0.3) is 0 Å². The highest BCUT2D eigenvalue weighted by Crippen LogP contribution is 2.57. The summed E-state index contributed by atoms with van der Waals surface area (Å²) >= 11 is 6.03. The second kappa shape index (κ2) is 3.98. The van der Waals surface area contributed by atoms with Gasteiger partial charge in [-0.3, -0.25) is 0 Å². The molecule has 2 fully saturated rings. The molecule has 0 amide bonds. The van der Waals surface area contributed by atoms with Gasteiger partial charge in [-0.05, 0) is 48.8 Å². The van der Waals surface area contributed by atoms with Crippen molar-refractivity contribution in [2.75, 3.05) is 13.2 Å². The van der Waals surface area contributed by atoms with E-state index < -0.39 is 0 Å². The molecule has 1 aliphatic carbocycles. The third-order valence-electron chi connectivity index (χ3n) is 4.33. The summed E-state index contributed by atoms with van der Waals surface area (Å²) in [7, 11) is 0. The van der Waals surface area contributed by atoms with E-state index in [0.717, 1.165) is 43.9 Å². The first-order valence-corrected chi connectivity index (χ1v) is 6.63. The van der Waals surface area contributed by atoms with Gasteiger partial charge in [0.05, 0.1) is 0 Å². The van der Waals surface area contributed by atoms with Gasteiger partial charge in [-0.25, -0.2) is 0 Å². The van der Waals surface area contributed by atoms with Gasteiger partial charge in [-0.2, -0.15) is 0 Å². The van der Waals surface area contributed by atoms with E-state index in [0.29, 0.717) is 5.41 Å². The lowest BCUT2D eigenvalue weighted by Gasteiger charge is -2.56. The normalized spacial score (nSPS) is 25.5. The predicted molar refractivity (Wildman–Crippen MR) is 69.0 cm³/mol. The first-order valence-electron chi connectivity index (χ1n) is 6.25. The van der Waals surface area contributed by atoms with Crippen molar-refractivity contribution >= 4 is 11.6 Å². The maximum atomic E-state index is 6.50. The molecule has 0 atom stereocenters. The van der Waals surface area contributed by atoms with Crippen molar-refractivity contribution in [3.8, 4) is 0 Å². The molecule has 1 aromatic carbocycles. The van der Waals surface area contributed by atoms with E-state index in [1.807, 2.05) is 18.2 Å². The van der Waals surface area contributed by atoms with Crippen molar-refractivity contribution in [1.29, 1.82) is 0 Å². The fourth-order valence-electron chi connectivity index (χ4n) is 3.45. The lowest BCUT2D eigenvalue weighted by atomic mass is 9.52. The smallest absolute Gasteiger partial charge is 0.0471 e. The molecule has 2 nitrogen and oxygen atoms in total. The van der Waals surface area contributed by atoms with Crippen LogP contribution in [0.5, 0.6) is 0 Å². The van der Waals surface area contributed by atoms with Gasteiger partial charge in [0.2, 0.25) is 0 Å². The van der Waals surface area contributed by atoms with E-state index in [1.165, 1.54) is 5.56 Å². The van der Waals surface area contributed by atoms with Gasteiger partial charge >= 0.3 is 0 Å². The highest BCUT2D eigenvalue weighted by atomic mass is 35.5. The van der Waals surface area contributed by atoms with Gasteiger partial charge in [0.15, 0.2) is 0 Å². The molecular weight excluding hydrogens is 234 g/mol. The van der Waals surface area contributed by atoms with Crippen molar-refractivity contribution in [3.05, 3.63) is 34.9 Å². The second-order valence-corrected chi connectivity index (χ2v) is 6.07. The summed E-state index contributed by atoms with van der Waals surface area (Å²) in [4.78, 5) is 0. The predicted octanol–water partition coefficient (Wildman–Crippen LogP) is 3.08. The number of hydrogen-bond acceptors (Lipinski definition) is 2. The Hall–Kier alpha value is -0.570. The zero-order chi connectivity index (χ0) is 11.9. The molecule has 2 N–H and O–H groups in total. The Bertz CT molecular complexity index is 418. The van der Waals surface area contributed by atoms with Gasteiger partial charge in [0.25, 0.3) is 0 Å². The van der Waals surface area contributed by atoms with Crippen LogP contribution in [0.3, 0.4) is 0 Å². The topological polar surface area (TPSA) is 35.2 Å². The monoisotopic (exact) mass is 251 g/mol. The first-order chi connectivity index (χ1) is 8.12. The van der Waals surface area contributed by atoms with Crippen LogP contribution in [0.4, 0.5) is 0 Å². The SMILES string of the molecule is NC1(c2cccc(Cl)c2)CC2(CCOCC2)C1. The van der Waals surface area contributed by atoms with Gasteiger partial charge < -0.3 is 10.5 Å².